The molecule has 6 heteroatoms. The first-order valence-electron chi connectivity index (χ1n) is 9.36. The molecule has 0 unspecified atom stereocenters. The predicted octanol–water partition coefficient (Wildman–Crippen LogP) is 3.66. The molecular weight excluding hydrogens is 350 g/mol. The zero-order valence-corrected chi connectivity index (χ0v) is 16.7. The number of hydrogen-bond donors (Lipinski definition) is 2. The number of guanidine groups is 1. The zero-order valence-electron chi connectivity index (χ0n) is 16.7. The van der Waals surface area contributed by atoms with Crippen LogP contribution in [0.25, 0.3) is 5.70 Å². The van der Waals surface area contributed by atoms with E-state index in [0.717, 1.165) is 24.2 Å². The topological polar surface area (TPSA) is 75.2 Å². The number of fused-ring (bicyclic) bond motifs is 1. The van der Waals surface area contributed by atoms with Crippen LogP contribution < -0.4 is 15.8 Å². The molecule has 146 valence electrons. The van der Waals surface area contributed by atoms with Gasteiger partial charge in [-0.3, -0.25) is 0 Å². The van der Waals surface area contributed by atoms with E-state index in [4.69, 9.17) is 10.5 Å². The molecule has 1 aliphatic rings. The van der Waals surface area contributed by atoms with Crippen LogP contribution in [0.1, 0.15) is 30.5 Å². The van der Waals surface area contributed by atoms with Gasteiger partial charge in [0.2, 0.25) is 5.96 Å². The third-order valence-electron chi connectivity index (χ3n) is 4.64. The van der Waals surface area contributed by atoms with E-state index in [-0.39, 0.29) is 5.96 Å². The summed E-state index contributed by atoms with van der Waals surface area (Å²) in [6.45, 7) is 9.67. The van der Waals surface area contributed by atoms with E-state index in [1.165, 1.54) is 11.1 Å². The molecule has 0 saturated heterocycles. The standard InChI is InChI=1S/C22H27N5O/c1-5-17-9-11-18(12-10-17)14-24-13-15(2)26-27-16(3)19-7-6-8-20(28-4)21(19)25-22(27)23/h6-12,24H,3,5,13-14H2,1-2,4H3,(H2,23,25)/b26-15+. The van der Waals surface area contributed by atoms with Crippen molar-refractivity contribution in [1.29, 1.82) is 0 Å². The van der Waals surface area contributed by atoms with Crippen LogP contribution in [-0.4, -0.2) is 30.3 Å². The average Bonchev–Trinajstić information content (AvgIpc) is 2.71. The first kappa shape index (κ1) is 19.6. The Balaban J connectivity index is 1.66. The summed E-state index contributed by atoms with van der Waals surface area (Å²) in [5.41, 5.74) is 11.8. The van der Waals surface area contributed by atoms with Crippen molar-refractivity contribution in [2.75, 3.05) is 13.7 Å². The smallest absolute Gasteiger partial charge is 0.222 e. The van der Waals surface area contributed by atoms with Gasteiger partial charge in [-0.1, -0.05) is 49.9 Å². The molecule has 28 heavy (non-hydrogen) atoms. The number of nitrogens with two attached hydrogens (primary N) is 1. The van der Waals surface area contributed by atoms with Gasteiger partial charge in [0.05, 0.1) is 12.8 Å². The largest absolute Gasteiger partial charge is 0.494 e. The predicted molar refractivity (Wildman–Crippen MR) is 116 cm³/mol. The van der Waals surface area contributed by atoms with Crippen LogP contribution in [0.4, 0.5) is 5.69 Å². The normalized spacial score (nSPS) is 14.0. The maximum absolute atomic E-state index is 6.14. The number of ether oxygens (including phenoxy) is 1. The fourth-order valence-electron chi connectivity index (χ4n) is 3.05. The van der Waals surface area contributed by atoms with Gasteiger partial charge < -0.3 is 15.8 Å². The number of hydrazone groups is 1. The number of hydrogen-bond acceptors (Lipinski definition) is 6. The van der Waals surface area contributed by atoms with Crippen molar-refractivity contribution in [3.63, 3.8) is 0 Å². The SMILES string of the molecule is C=C1c2cccc(OC)c2N=C(N)N1/N=C(\C)CNCc1ccc(CC)cc1. The van der Waals surface area contributed by atoms with Crippen molar-refractivity contribution in [2.24, 2.45) is 15.8 Å². The number of aryl methyl sites for hydroxylation is 1. The van der Waals surface area contributed by atoms with Crippen molar-refractivity contribution in [3.05, 3.63) is 65.7 Å². The fourth-order valence-corrected chi connectivity index (χ4v) is 3.05. The van der Waals surface area contributed by atoms with Crippen molar-refractivity contribution in [2.45, 2.75) is 26.8 Å². The Kier molecular flexibility index (Phi) is 6.11. The van der Waals surface area contributed by atoms with E-state index in [1.807, 2.05) is 25.1 Å². The Morgan fingerprint density at radius 3 is 2.61 bits per heavy atom. The van der Waals surface area contributed by atoms with Gasteiger partial charge in [-0.15, -0.1) is 0 Å². The van der Waals surface area contributed by atoms with Gasteiger partial charge in [0.15, 0.2) is 0 Å². The highest BCUT2D eigenvalue weighted by Gasteiger charge is 2.24. The van der Waals surface area contributed by atoms with Gasteiger partial charge in [-0.05, 0) is 30.5 Å². The lowest BCUT2D eigenvalue weighted by atomic mass is 10.1. The molecule has 0 atom stereocenters. The second kappa shape index (κ2) is 8.71. The van der Waals surface area contributed by atoms with Crippen LogP contribution in [0.2, 0.25) is 0 Å². The van der Waals surface area contributed by atoms with Gasteiger partial charge in [-0.2, -0.15) is 5.10 Å². The lowest BCUT2D eigenvalue weighted by molar-refractivity contribution is 0.415. The number of rotatable bonds is 7. The molecule has 0 aromatic heterocycles. The highest BCUT2D eigenvalue weighted by atomic mass is 16.5. The Bertz CT molecular complexity index is 915. The van der Waals surface area contributed by atoms with Crippen LogP contribution in [0.15, 0.2) is 59.1 Å². The van der Waals surface area contributed by atoms with E-state index < -0.39 is 0 Å². The van der Waals surface area contributed by atoms with Crippen LogP contribution in [0, 0.1) is 0 Å². The Hall–Kier alpha value is -3.12. The number of para-hydroxylation sites is 1. The molecule has 1 heterocycles. The highest BCUT2D eigenvalue weighted by molar-refractivity contribution is 5.98. The van der Waals surface area contributed by atoms with Crippen molar-refractivity contribution >= 4 is 23.1 Å². The average molecular weight is 377 g/mol. The van der Waals surface area contributed by atoms with E-state index in [0.29, 0.717) is 23.7 Å². The molecule has 1 aliphatic heterocycles. The molecule has 6 nitrogen and oxygen atoms in total. The summed E-state index contributed by atoms with van der Waals surface area (Å²) in [5, 5.41) is 9.59. The molecule has 0 saturated carbocycles. The molecule has 0 radical (unpaired) electrons. The van der Waals surface area contributed by atoms with Gasteiger partial charge in [0.25, 0.3) is 0 Å². The number of benzene rings is 2. The third kappa shape index (κ3) is 4.23. The molecule has 0 fully saturated rings. The summed E-state index contributed by atoms with van der Waals surface area (Å²) in [6.07, 6.45) is 1.05. The summed E-state index contributed by atoms with van der Waals surface area (Å²) in [7, 11) is 1.61. The van der Waals surface area contributed by atoms with Crippen LogP contribution in [0.3, 0.4) is 0 Å². The van der Waals surface area contributed by atoms with Crippen LogP contribution >= 0.6 is 0 Å². The molecule has 0 spiro atoms. The first-order chi connectivity index (χ1) is 13.5. The third-order valence-corrected chi connectivity index (χ3v) is 4.64. The second-order valence-electron chi connectivity index (χ2n) is 6.69. The van der Waals surface area contributed by atoms with Gasteiger partial charge in [0.1, 0.15) is 11.4 Å². The van der Waals surface area contributed by atoms with Crippen molar-refractivity contribution < 1.29 is 4.74 Å². The van der Waals surface area contributed by atoms with E-state index >= 15 is 0 Å². The first-order valence-corrected chi connectivity index (χ1v) is 9.36. The number of nitrogens with one attached hydrogen (secondary N) is 1. The van der Waals surface area contributed by atoms with E-state index in [2.05, 4.69) is 53.2 Å². The monoisotopic (exact) mass is 377 g/mol. The molecule has 3 N–H and O–H groups in total. The highest BCUT2D eigenvalue weighted by Crippen LogP contribution is 2.39. The molecule has 2 aromatic carbocycles. The molecule has 0 amide bonds. The molecule has 3 rings (SSSR count). The summed E-state index contributed by atoms with van der Waals surface area (Å²) < 4.78 is 5.37. The fraction of sp³-hybridized carbons (Fsp3) is 0.273. The van der Waals surface area contributed by atoms with Crippen molar-refractivity contribution in [3.8, 4) is 5.75 Å². The van der Waals surface area contributed by atoms with Gasteiger partial charge in [-0.25, -0.2) is 10.0 Å². The minimum Gasteiger partial charge on any atom is -0.494 e. The summed E-state index contributed by atoms with van der Waals surface area (Å²) in [5.74, 6) is 0.939. The maximum Gasteiger partial charge on any atom is 0.222 e. The van der Waals surface area contributed by atoms with Gasteiger partial charge in [0, 0.05) is 24.4 Å². The minimum atomic E-state index is 0.275. The Morgan fingerprint density at radius 2 is 1.93 bits per heavy atom. The van der Waals surface area contributed by atoms with Crippen molar-refractivity contribution in [1.82, 2.24) is 10.3 Å². The molecular formula is C22H27N5O. The molecule has 0 bridgehead atoms. The molecule has 2 aromatic rings. The number of nitrogens with zero attached hydrogens (tertiary/aromatic N) is 3. The number of aliphatic imine (C=N–C) groups is 1. The Morgan fingerprint density at radius 1 is 1.21 bits per heavy atom. The minimum absolute atomic E-state index is 0.275. The van der Waals surface area contributed by atoms with Crippen LogP contribution in [0.5, 0.6) is 5.75 Å². The molecule has 0 aliphatic carbocycles. The zero-order chi connectivity index (χ0) is 20.1. The summed E-state index contributed by atoms with van der Waals surface area (Å²) >= 11 is 0. The summed E-state index contributed by atoms with van der Waals surface area (Å²) in [6, 6.07) is 14.3. The maximum atomic E-state index is 6.14. The van der Waals surface area contributed by atoms with Crippen LogP contribution in [-0.2, 0) is 13.0 Å². The van der Waals surface area contributed by atoms with E-state index in [1.54, 1.807) is 12.1 Å². The Labute approximate surface area is 166 Å². The van der Waals surface area contributed by atoms with E-state index in [9.17, 15) is 0 Å². The lowest BCUT2D eigenvalue weighted by Crippen LogP contribution is -2.35. The van der Waals surface area contributed by atoms with Gasteiger partial charge >= 0.3 is 0 Å². The second-order valence-corrected chi connectivity index (χ2v) is 6.69. The number of methoxy groups -OCH3 is 1. The quantitative estimate of drug-likeness (QED) is 0.722. The lowest BCUT2D eigenvalue weighted by Gasteiger charge is -2.27. The summed E-state index contributed by atoms with van der Waals surface area (Å²) in [4.78, 5) is 4.45.